The summed E-state index contributed by atoms with van der Waals surface area (Å²) < 4.78 is 0. The number of hydroxylamine groups is 2. The van der Waals surface area contributed by atoms with Gasteiger partial charge in [0.2, 0.25) is 0 Å². The maximum atomic E-state index is 9.39. The van der Waals surface area contributed by atoms with E-state index in [1.807, 2.05) is 12.1 Å². The lowest BCUT2D eigenvalue weighted by molar-refractivity contribution is -0.0828. The molecule has 1 N–H and O–H groups in total. The van der Waals surface area contributed by atoms with Crippen molar-refractivity contribution in [3.05, 3.63) is 29.8 Å². The van der Waals surface area contributed by atoms with Crippen LogP contribution in [0.15, 0.2) is 29.3 Å². The Balaban J connectivity index is 2.03. The average molecular weight is 188 g/mol. The Bertz CT molecular complexity index is 400. The third-order valence-electron chi connectivity index (χ3n) is 3.00. The lowest BCUT2D eigenvalue weighted by atomic mass is 9.90. The molecule has 14 heavy (non-hydrogen) atoms. The van der Waals surface area contributed by atoms with Crippen molar-refractivity contribution in [2.24, 2.45) is 4.99 Å². The maximum Gasteiger partial charge on any atom is 0.0668 e. The van der Waals surface area contributed by atoms with Gasteiger partial charge in [-0.2, -0.15) is 5.06 Å². The zero-order valence-electron chi connectivity index (χ0n) is 7.85. The normalized spacial score (nSPS) is 25.5. The van der Waals surface area contributed by atoms with Crippen LogP contribution in [0, 0.1) is 0 Å². The van der Waals surface area contributed by atoms with Crippen LogP contribution in [0.1, 0.15) is 17.9 Å². The molecule has 1 unspecified atom stereocenters. The van der Waals surface area contributed by atoms with E-state index in [4.69, 9.17) is 0 Å². The summed E-state index contributed by atoms with van der Waals surface area (Å²) in [5.74, 6) is 0.453. The Morgan fingerprint density at radius 1 is 1.36 bits per heavy atom. The van der Waals surface area contributed by atoms with Crippen molar-refractivity contribution in [2.45, 2.75) is 12.3 Å². The second kappa shape index (κ2) is 2.90. The Hall–Kier alpha value is -1.19. The molecule has 0 spiro atoms. The van der Waals surface area contributed by atoms with Gasteiger partial charge >= 0.3 is 0 Å². The molecule has 0 radical (unpaired) electrons. The smallest absolute Gasteiger partial charge is 0.0668 e. The van der Waals surface area contributed by atoms with Crippen LogP contribution in [0.5, 0.6) is 0 Å². The molecule has 1 aromatic rings. The van der Waals surface area contributed by atoms with E-state index >= 15 is 0 Å². The Morgan fingerprint density at radius 3 is 3.14 bits per heavy atom. The zero-order chi connectivity index (χ0) is 9.54. The quantitative estimate of drug-likeness (QED) is 0.675. The van der Waals surface area contributed by atoms with Crippen molar-refractivity contribution in [1.82, 2.24) is 5.06 Å². The fraction of sp³-hybridized carbons (Fsp3) is 0.364. The van der Waals surface area contributed by atoms with Gasteiger partial charge in [-0.1, -0.05) is 18.2 Å². The van der Waals surface area contributed by atoms with Crippen LogP contribution in [-0.4, -0.2) is 29.1 Å². The van der Waals surface area contributed by atoms with Gasteiger partial charge in [0.1, 0.15) is 0 Å². The number of rotatable bonds is 0. The molecule has 0 saturated carbocycles. The molecule has 3 rings (SSSR count). The molecule has 2 aliphatic rings. The molecular weight excluding hydrogens is 176 g/mol. The summed E-state index contributed by atoms with van der Waals surface area (Å²) in [5, 5.41) is 10.7. The Morgan fingerprint density at radius 2 is 2.21 bits per heavy atom. The average Bonchev–Trinajstić information content (AvgIpc) is 2.54. The van der Waals surface area contributed by atoms with E-state index in [2.05, 4.69) is 17.1 Å². The van der Waals surface area contributed by atoms with E-state index in [0.717, 1.165) is 24.4 Å². The molecule has 2 heterocycles. The van der Waals surface area contributed by atoms with Crippen molar-refractivity contribution in [3.63, 3.8) is 0 Å². The summed E-state index contributed by atoms with van der Waals surface area (Å²) >= 11 is 0. The SMILES string of the molecule is ON1CCC2C(=Nc3ccccc32)C1. The first-order chi connectivity index (χ1) is 6.84. The van der Waals surface area contributed by atoms with E-state index in [1.54, 1.807) is 0 Å². The number of para-hydroxylation sites is 1. The summed E-state index contributed by atoms with van der Waals surface area (Å²) in [4.78, 5) is 4.54. The van der Waals surface area contributed by atoms with Crippen molar-refractivity contribution in [2.75, 3.05) is 13.1 Å². The van der Waals surface area contributed by atoms with E-state index < -0.39 is 0 Å². The number of hydrogen-bond donors (Lipinski definition) is 1. The third-order valence-corrected chi connectivity index (χ3v) is 3.00. The molecule has 2 aliphatic heterocycles. The maximum absolute atomic E-state index is 9.39. The fourth-order valence-corrected chi connectivity index (χ4v) is 2.31. The zero-order valence-corrected chi connectivity index (χ0v) is 7.85. The first kappa shape index (κ1) is 8.15. The van der Waals surface area contributed by atoms with Crippen LogP contribution in [-0.2, 0) is 0 Å². The third kappa shape index (κ3) is 1.10. The topological polar surface area (TPSA) is 35.8 Å². The van der Waals surface area contributed by atoms with Gasteiger partial charge in [-0.25, -0.2) is 0 Å². The lowest BCUT2D eigenvalue weighted by Crippen LogP contribution is -2.36. The van der Waals surface area contributed by atoms with Gasteiger partial charge in [-0.15, -0.1) is 0 Å². The molecule has 0 aromatic heterocycles. The van der Waals surface area contributed by atoms with Gasteiger partial charge in [0.05, 0.1) is 12.2 Å². The standard InChI is InChI=1S/C11H12N2O/c14-13-6-5-9-8-3-1-2-4-10(8)12-11(9)7-13/h1-4,9,14H,5-7H2. The van der Waals surface area contributed by atoms with Gasteiger partial charge in [0, 0.05) is 18.2 Å². The van der Waals surface area contributed by atoms with Gasteiger partial charge in [0.25, 0.3) is 0 Å². The minimum atomic E-state index is 0.453. The van der Waals surface area contributed by atoms with Crippen LogP contribution in [0.3, 0.4) is 0 Å². The highest BCUT2D eigenvalue weighted by Gasteiger charge is 2.31. The lowest BCUT2D eigenvalue weighted by Gasteiger charge is -2.26. The molecule has 3 nitrogen and oxygen atoms in total. The highest BCUT2D eigenvalue weighted by Crippen LogP contribution is 2.38. The predicted octanol–water partition coefficient (Wildman–Crippen LogP) is 1.95. The largest absolute Gasteiger partial charge is 0.314 e. The highest BCUT2D eigenvalue weighted by molar-refractivity contribution is 5.99. The number of nitrogens with zero attached hydrogens (tertiary/aromatic N) is 2. The van der Waals surface area contributed by atoms with Gasteiger partial charge in [-0.05, 0) is 18.1 Å². The molecule has 0 aliphatic carbocycles. The van der Waals surface area contributed by atoms with Crippen molar-refractivity contribution in [3.8, 4) is 0 Å². The van der Waals surface area contributed by atoms with Crippen LogP contribution in [0.2, 0.25) is 0 Å². The van der Waals surface area contributed by atoms with Crippen LogP contribution < -0.4 is 0 Å². The summed E-state index contributed by atoms with van der Waals surface area (Å²) in [5.41, 5.74) is 3.53. The number of aliphatic imine (C=N–C) groups is 1. The number of hydrogen-bond acceptors (Lipinski definition) is 3. The summed E-state index contributed by atoms with van der Waals surface area (Å²) in [6, 6.07) is 8.26. The number of fused-ring (bicyclic) bond motifs is 3. The fourth-order valence-electron chi connectivity index (χ4n) is 2.31. The second-order valence-electron chi connectivity index (χ2n) is 3.89. The van der Waals surface area contributed by atoms with Crippen LogP contribution >= 0.6 is 0 Å². The minimum Gasteiger partial charge on any atom is -0.314 e. The second-order valence-corrected chi connectivity index (χ2v) is 3.89. The summed E-state index contributed by atoms with van der Waals surface area (Å²) in [6.07, 6.45) is 0.979. The van der Waals surface area contributed by atoms with Crippen LogP contribution in [0.25, 0.3) is 0 Å². The van der Waals surface area contributed by atoms with Crippen molar-refractivity contribution in [1.29, 1.82) is 0 Å². The first-order valence-electron chi connectivity index (χ1n) is 4.95. The van der Waals surface area contributed by atoms with E-state index in [0.29, 0.717) is 12.5 Å². The molecule has 0 amide bonds. The molecule has 1 aromatic carbocycles. The first-order valence-corrected chi connectivity index (χ1v) is 4.95. The number of benzene rings is 1. The highest BCUT2D eigenvalue weighted by atomic mass is 16.5. The molecule has 1 fully saturated rings. The van der Waals surface area contributed by atoms with E-state index in [1.165, 1.54) is 10.6 Å². The summed E-state index contributed by atoms with van der Waals surface area (Å²) in [6.45, 7) is 1.34. The molecular formula is C11H12N2O. The number of piperidine rings is 1. The van der Waals surface area contributed by atoms with Gasteiger partial charge in [-0.3, -0.25) is 4.99 Å². The summed E-state index contributed by atoms with van der Waals surface area (Å²) in [7, 11) is 0. The predicted molar refractivity (Wildman–Crippen MR) is 54.3 cm³/mol. The monoisotopic (exact) mass is 188 g/mol. The Kier molecular flexibility index (Phi) is 1.69. The molecule has 3 heteroatoms. The van der Waals surface area contributed by atoms with Gasteiger partial charge < -0.3 is 5.21 Å². The van der Waals surface area contributed by atoms with Gasteiger partial charge in [0.15, 0.2) is 0 Å². The van der Waals surface area contributed by atoms with Crippen molar-refractivity contribution >= 4 is 11.4 Å². The minimum absolute atomic E-state index is 0.453. The van der Waals surface area contributed by atoms with E-state index in [-0.39, 0.29) is 0 Å². The molecule has 1 atom stereocenters. The molecule has 0 bridgehead atoms. The van der Waals surface area contributed by atoms with E-state index in [9.17, 15) is 5.21 Å². The Labute approximate surface area is 82.6 Å². The van der Waals surface area contributed by atoms with Crippen LogP contribution in [0.4, 0.5) is 5.69 Å². The van der Waals surface area contributed by atoms with Crippen molar-refractivity contribution < 1.29 is 5.21 Å². The molecule has 1 saturated heterocycles. The molecule has 72 valence electrons.